The van der Waals surface area contributed by atoms with Gasteiger partial charge in [-0.1, -0.05) is 35.9 Å². The molecule has 1 amide bonds. The number of aryl methyl sites for hydroxylation is 1. The third-order valence-corrected chi connectivity index (χ3v) is 14.8. The molecule has 4 fully saturated rings. The van der Waals surface area contributed by atoms with Crippen molar-refractivity contribution in [2.75, 3.05) is 56.9 Å². The summed E-state index contributed by atoms with van der Waals surface area (Å²) in [6.07, 6.45) is -1.65. The number of alkyl halides is 3. The van der Waals surface area contributed by atoms with E-state index < -0.39 is 63.2 Å². The van der Waals surface area contributed by atoms with Crippen molar-refractivity contribution >= 4 is 40.2 Å². The lowest BCUT2D eigenvalue weighted by atomic mass is 9.94. The Labute approximate surface area is 413 Å². The smallest absolute Gasteiger partial charge is 0.418 e. The number of aromatic nitrogens is 3. The monoisotopic (exact) mass is 1000 g/mol. The predicted molar refractivity (Wildman–Crippen MR) is 258 cm³/mol. The Morgan fingerprint density at radius 3 is 2.27 bits per heavy atom. The lowest BCUT2D eigenvalue weighted by molar-refractivity contribution is -0.137. The topological polar surface area (TPSA) is 115 Å². The molecule has 10 rings (SSSR count). The van der Waals surface area contributed by atoms with Crippen molar-refractivity contribution in [3.8, 4) is 34.5 Å². The van der Waals surface area contributed by atoms with Crippen LogP contribution in [0.5, 0.6) is 23.3 Å². The maximum absolute atomic E-state index is 18.2. The first-order chi connectivity index (χ1) is 33.9. The molecule has 7 heterocycles. The molecule has 0 N–H and O–H groups in total. The molecule has 4 atom stereocenters. The second-order valence-electron chi connectivity index (χ2n) is 20.2. The second kappa shape index (κ2) is 18.5. The molecular formula is C52H55ClF5N7O6. The van der Waals surface area contributed by atoms with Crippen molar-refractivity contribution in [3.63, 3.8) is 0 Å². The summed E-state index contributed by atoms with van der Waals surface area (Å²) in [5.41, 5.74) is -2.34. The van der Waals surface area contributed by atoms with Crippen molar-refractivity contribution in [1.82, 2.24) is 24.8 Å². The number of anilines is 2. The zero-order valence-electron chi connectivity index (χ0n) is 40.3. The number of hydrogen-bond acceptors (Lipinski definition) is 12. The number of ether oxygens (including phenoxy) is 5. The first-order valence-electron chi connectivity index (χ1n) is 23.8. The summed E-state index contributed by atoms with van der Waals surface area (Å²) in [4.78, 5) is 35.7. The quantitative estimate of drug-likeness (QED) is 0.117. The lowest BCUT2D eigenvalue weighted by Crippen LogP contribution is -2.63. The fourth-order valence-electron chi connectivity index (χ4n) is 11.2. The van der Waals surface area contributed by atoms with Crippen LogP contribution in [0.4, 0.5) is 38.4 Å². The highest BCUT2D eigenvalue weighted by Crippen LogP contribution is 2.53. The van der Waals surface area contributed by atoms with Gasteiger partial charge in [-0.05, 0) is 119 Å². The van der Waals surface area contributed by atoms with Gasteiger partial charge in [0.25, 0.3) is 0 Å². The van der Waals surface area contributed by atoms with Gasteiger partial charge >= 0.3 is 18.3 Å². The SMILES string of the molecule is COc1ccc(CN(Cc2ccc(OC)cc2)c2cc(C)c(C(F)(F)F)c(-c3c(Cl)c4c5c(nc(OC[C@@]67CCCN6C/C(=C\F)C7)nc5c3F)N3C[C@H]5CC[C@@H]([C@H]3CO4)N5C(=O)OC(C)(C)C)n2)cc1. The Morgan fingerprint density at radius 2 is 1.65 bits per heavy atom. The van der Waals surface area contributed by atoms with E-state index >= 15 is 17.6 Å². The highest BCUT2D eigenvalue weighted by molar-refractivity contribution is 6.36. The zero-order valence-corrected chi connectivity index (χ0v) is 41.1. The number of nitrogens with zero attached hydrogens (tertiary/aromatic N) is 7. The minimum atomic E-state index is -5.03. The van der Waals surface area contributed by atoms with E-state index in [4.69, 9.17) is 45.3 Å². The maximum Gasteiger partial charge on any atom is 0.418 e. The highest BCUT2D eigenvalue weighted by Gasteiger charge is 2.53. The van der Waals surface area contributed by atoms with Crippen LogP contribution in [0, 0.1) is 12.7 Å². The lowest BCUT2D eigenvalue weighted by Gasteiger charge is -2.46. The molecule has 4 saturated heterocycles. The zero-order chi connectivity index (χ0) is 50.1. The van der Waals surface area contributed by atoms with Crippen LogP contribution in [0.25, 0.3) is 22.2 Å². The molecule has 0 saturated carbocycles. The molecule has 5 aliphatic heterocycles. The van der Waals surface area contributed by atoms with E-state index in [-0.39, 0.29) is 78.8 Å². The number of halogens is 6. The summed E-state index contributed by atoms with van der Waals surface area (Å²) in [6, 6.07) is 14.3. The number of methoxy groups -OCH3 is 2. The Morgan fingerprint density at radius 1 is 0.972 bits per heavy atom. The largest absolute Gasteiger partial charge is 0.497 e. The number of hydrogen-bond donors (Lipinski definition) is 0. The van der Waals surface area contributed by atoms with Gasteiger partial charge in [0.2, 0.25) is 0 Å². The van der Waals surface area contributed by atoms with Crippen LogP contribution in [0.1, 0.15) is 75.1 Å². The standard InChI is InChI=1S/C52H55ClF5N7O6/c1-29-20-38(62(23-30-8-13-34(67-5)14-9-30)24-31-10-15-35(68-6)16-11-31)59-44(41(29)52(56,57)58)39-42(53)46-40-45(43(39)55)60-48(70-28-51-18-7-19-63(51)25-32(21-51)22-54)61-47(40)64-26-33-12-17-36(37(64)27-69-46)65(33)49(66)71-50(2,3)4/h8-11,13-16,20,22,33,36-37H,7,12,17-19,21,23-28H2,1-6H3/b32-22-/t33-,36+,37-,51+/m1/s1. The van der Waals surface area contributed by atoms with Crippen molar-refractivity contribution < 1.29 is 50.4 Å². The van der Waals surface area contributed by atoms with Gasteiger partial charge in [0.05, 0.1) is 71.4 Å². The summed E-state index contributed by atoms with van der Waals surface area (Å²) >= 11 is 7.29. The van der Waals surface area contributed by atoms with Gasteiger partial charge in [0.15, 0.2) is 11.6 Å². The molecule has 19 heteroatoms. The molecule has 0 unspecified atom stereocenters. The number of rotatable bonds is 11. The first-order valence-corrected chi connectivity index (χ1v) is 24.2. The summed E-state index contributed by atoms with van der Waals surface area (Å²) < 4.78 is 109. The number of pyridine rings is 1. The molecule has 0 spiro atoms. The van der Waals surface area contributed by atoms with E-state index in [0.717, 1.165) is 24.1 Å². The summed E-state index contributed by atoms with van der Waals surface area (Å²) in [6.45, 7) is 8.43. The van der Waals surface area contributed by atoms with Crippen LogP contribution >= 0.6 is 11.6 Å². The van der Waals surface area contributed by atoms with E-state index in [0.29, 0.717) is 55.6 Å². The average molecular weight is 1000 g/mol. The van der Waals surface area contributed by atoms with Crippen LogP contribution in [-0.2, 0) is 24.0 Å². The molecule has 0 radical (unpaired) electrons. The molecule has 3 aromatic carbocycles. The van der Waals surface area contributed by atoms with E-state index in [2.05, 4.69) is 9.88 Å². The number of piperazine rings is 1. The third-order valence-electron chi connectivity index (χ3n) is 14.4. The first kappa shape index (κ1) is 48.5. The van der Waals surface area contributed by atoms with Crippen molar-refractivity contribution in [2.45, 2.75) is 108 Å². The van der Waals surface area contributed by atoms with E-state index in [9.17, 15) is 9.18 Å². The highest BCUT2D eigenvalue weighted by atomic mass is 35.5. The van der Waals surface area contributed by atoms with Gasteiger partial charge in [-0.2, -0.15) is 23.1 Å². The van der Waals surface area contributed by atoms with E-state index in [1.165, 1.54) is 13.0 Å². The molecule has 13 nitrogen and oxygen atoms in total. The van der Waals surface area contributed by atoms with Gasteiger partial charge in [-0.3, -0.25) is 9.80 Å². The Balaban J connectivity index is 1.14. The third kappa shape index (κ3) is 8.99. The van der Waals surface area contributed by atoms with Gasteiger partial charge in [-0.15, -0.1) is 0 Å². The number of carbonyl (C=O) groups excluding carboxylic acids is 1. The molecule has 376 valence electrons. The van der Waals surface area contributed by atoms with Crippen LogP contribution < -0.4 is 28.7 Å². The van der Waals surface area contributed by atoms with E-state index in [1.807, 2.05) is 29.2 Å². The fourth-order valence-corrected chi connectivity index (χ4v) is 11.6. The summed E-state index contributed by atoms with van der Waals surface area (Å²) in [7, 11) is 3.10. The van der Waals surface area contributed by atoms with Gasteiger partial charge in [-0.25, -0.2) is 18.6 Å². The van der Waals surface area contributed by atoms with E-state index in [1.54, 1.807) is 69.1 Å². The van der Waals surface area contributed by atoms with Gasteiger partial charge in [0.1, 0.15) is 47.5 Å². The minimum absolute atomic E-state index is 0.0427. The molecule has 5 aromatic rings. The normalized spacial score (nSPS) is 22.3. The second-order valence-corrected chi connectivity index (χ2v) is 20.5. The van der Waals surface area contributed by atoms with Crippen LogP contribution in [0.2, 0.25) is 5.02 Å². The number of amides is 1. The van der Waals surface area contributed by atoms with Crippen molar-refractivity contribution in [3.05, 3.63) is 99.6 Å². The number of fused-ring (bicyclic) bond motifs is 6. The van der Waals surface area contributed by atoms with Crippen molar-refractivity contribution in [1.29, 1.82) is 0 Å². The molecular weight excluding hydrogens is 949 g/mol. The molecule has 5 aliphatic rings. The van der Waals surface area contributed by atoms with Gasteiger partial charge < -0.3 is 33.5 Å². The number of benzene rings is 3. The Bertz CT molecular complexity index is 2850. The summed E-state index contributed by atoms with van der Waals surface area (Å²) in [5, 5.41) is -0.409. The predicted octanol–water partition coefficient (Wildman–Crippen LogP) is 10.9. The molecule has 2 aromatic heterocycles. The van der Waals surface area contributed by atoms with Crippen LogP contribution in [0.3, 0.4) is 0 Å². The van der Waals surface area contributed by atoms with Crippen LogP contribution in [-0.4, -0.2) is 107 Å². The van der Waals surface area contributed by atoms with Crippen LogP contribution in [0.15, 0.2) is 66.5 Å². The molecule has 71 heavy (non-hydrogen) atoms. The van der Waals surface area contributed by atoms with Gasteiger partial charge in [0, 0.05) is 26.2 Å². The minimum Gasteiger partial charge on any atom is -0.497 e. The fraction of sp³-hybridized carbons (Fsp3) is 0.462. The Kier molecular flexibility index (Phi) is 12.6. The average Bonchev–Trinajstić information content (AvgIpc) is 3.96. The number of carbonyl (C=O) groups is 1. The molecule has 0 aliphatic carbocycles. The molecule has 2 bridgehead atoms. The maximum atomic E-state index is 18.2. The summed E-state index contributed by atoms with van der Waals surface area (Å²) in [5.74, 6) is 0.239. The Hall–Kier alpha value is -6.14. The van der Waals surface area contributed by atoms with Crippen molar-refractivity contribution in [2.24, 2.45) is 0 Å².